The van der Waals surface area contributed by atoms with Crippen LogP contribution in [0.4, 0.5) is 0 Å². The van der Waals surface area contributed by atoms with Crippen molar-refractivity contribution in [3.8, 4) is 0 Å². The van der Waals surface area contributed by atoms with Crippen molar-refractivity contribution in [3.05, 3.63) is 0 Å². The van der Waals surface area contributed by atoms with Gasteiger partial charge in [-0.2, -0.15) is 0 Å². The molecule has 0 spiro atoms. The molecule has 0 amide bonds. The van der Waals surface area contributed by atoms with E-state index in [1.54, 1.807) is 0 Å². The van der Waals surface area contributed by atoms with Gasteiger partial charge in [-0.15, -0.1) is 0 Å². The molecule has 0 rings (SSSR count). The Morgan fingerprint density at radius 3 is 1.31 bits per heavy atom. The highest BCUT2D eigenvalue weighted by molar-refractivity contribution is 6.52. The second-order valence-electron chi connectivity index (χ2n) is 4.02. The largest absolute Gasteiger partial charge is 0.369 e. The van der Waals surface area contributed by atoms with Gasteiger partial charge in [0.25, 0.3) is 0 Å². The van der Waals surface area contributed by atoms with E-state index in [9.17, 15) is 0 Å². The van der Waals surface area contributed by atoms with Gasteiger partial charge in [0.05, 0.1) is 19.4 Å². The van der Waals surface area contributed by atoms with E-state index in [4.69, 9.17) is 0 Å². The number of hydrogen-bond acceptors (Lipinski definition) is 1. The number of rotatable bonds is 8. The summed E-state index contributed by atoms with van der Waals surface area (Å²) in [4.78, 5) is 0. The molecule has 0 unspecified atom stereocenters. The summed E-state index contributed by atoms with van der Waals surface area (Å²) < 4.78 is 3.87. The minimum Gasteiger partial charge on any atom is -0.369 e. The summed E-state index contributed by atoms with van der Waals surface area (Å²) in [6, 6.07) is 0. The number of nitrogens with one attached hydrogen (secondary N) is 1. The van der Waals surface area contributed by atoms with Crippen LogP contribution >= 0.6 is 0 Å². The Balaban J connectivity index is 3.41. The van der Waals surface area contributed by atoms with E-state index < -0.39 is 0 Å². The molecular weight excluding hydrogens is 190 g/mol. The SMILES string of the molecule is CCC(CC)[SiH2]N[SiH2]C(CC)CC. The van der Waals surface area contributed by atoms with E-state index >= 15 is 0 Å². The first-order valence-electron chi connectivity index (χ1n) is 5.99. The van der Waals surface area contributed by atoms with E-state index in [0.717, 1.165) is 11.1 Å². The summed E-state index contributed by atoms with van der Waals surface area (Å²) in [7, 11) is 0.151. The fraction of sp³-hybridized carbons (Fsp3) is 1.00. The lowest BCUT2D eigenvalue weighted by molar-refractivity contribution is 0.742. The van der Waals surface area contributed by atoms with E-state index in [2.05, 4.69) is 32.3 Å². The molecule has 1 nitrogen and oxygen atoms in total. The van der Waals surface area contributed by atoms with Crippen LogP contribution in [0.3, 0.4) is 0 Å². The topological polar surface area (TPSA) is 12.0 Å². The zero-order chi connectivity index (χ0) is 10.1. The maximum Gasteiger partial charge on any atom is 0.0876 e. The van der Waals surface area contributed by atoms with Crippen LogP contribution in [0, 0.1) is 0 Å². The minimum atomic E-state index is 0.0755. The lowest BCUT2D eigenvalue weighted by Gasteiger charge is -2.16. The molecule has 0 aliphatic rings. The van der Waals surface area contributed by atoms with E-state index in [0.29, 0.717) is 0 Å². The van der Waals surface area contributed by atoms with Gasteiger partial charge >= 0.3 is 0 Å². The van der Waals surface area contributed by atoms with Crippen LogP contribution in [0.5, 0.6) is 0 Å². The minimum absolute atomic E-state index is 0.0755. The molecule has 0 saturated heterocycles. The summed E-state index contributed by atoms with van der Waals surface area (Å²) in [5.74, 6) is 0. The average Bonchev–Trinajstić information content (AvgIpc) is 2.19. The average molecular weight is 218 g/mol. The quantitative estimate of drug-likeness (QED) is 0.613. The second-order valence-corrected chi connectivity index (χ2v) is 9.15. The van der Waals surface area contributed by atoms with Gasteiger partial charge in [0.1, 0.15) is 0 Å². The smallest absolute Gasteiger partial charge is 0.0876 e. The van der Waals surface area contributed by atoms with Gasteiger partial charge in [0.15, 0.2) is 0 Å². The molecule has 0 aliphatic heterocycles. The van der Waals surface area contributed by atoms with Crippen molar-refractivity contribution in [1.29, 1.82) is 0 Å². The molecule has 0 atom stereocenters. The molecule has 80 valence electrons. The first-order valence-corrected chi connectivity index (χ1v) is 9.03. The van der Waals surface area contributed by atoms with Crippen LogP contribution < -0.4 is 4.65 Å². The molecule has 1 N–H and O–H groups in total. The molecule has 0 aromatic heterocycles. The van der Waals surface area contributed by atoms with Crippen molar-refractivity contribution >= 4 is 19.4 Å². The van der Waals surface area contributed by atoms with Crippen LogP contribution in [0.2, 0.25) is 11.1 Å². The highest BCUT2D eigenvalue weighted by Gasteiger charge is 2.06. The summed E-state index contributed by atoms with van der Waals surface area (Å²) in [5.41, 5.74) is 2.11. The third-order valence-electron chi connectivity index (χ3n) is 3.18. The normalized spacial score (nSPS) is 13.4. The zero-order valence-electron chi connectivity index (χ0n) is 9.90. The molecule has 3 heteroatoms. The predicted molar refractivity (Wildman–Crippen MR) is 68.9 cm³/mol. The van der Waals surface area contributed by atoms with Crippen LogP contribution in [-0.4, -0.2) is 19.4 Å². The van der Waals surface area contributed by atoms with Gasteiger partial charge in [-0.3, -0.25) is 0 Å². The Kier molecular flexibility index (Phi) is 9.24. The molecule has 0 fully saturated rings. The van der Waals surface area contributed by atoms with Gasteiger partial charge in [-0.1, -0.05) is 53.4 Å². The third-order valence-corrected chi connectivity index (χ3v) is 8.95. The predicted octanol–water partition coefficient (Wildman–Crippen LogP) is 1.96. The standard InChI is InChI=1S/C10H27NSi2/c1-5-9(6-2)12-11-13-10(7-3)8-4/h9-11H,5-8,12-13H2,1-4H3. The second kappa shape index (κ2) is 8.97. The Hall–Kier alpha value is 0.394. The van der Waals surface area contributed by atoms with Crippen molar-refractivity contribution in [1.82, 2.24) is 4.65 Å². The zero-order valence-corrected chi connectivity index (χ0v) is 12.7. The summed E-state index contributed by atoms with van der Waals surface area (Å²) in [5, 5.41) is 0. The molecule has 13 heavy (non-hydrogen) atoms. The van der Waals surface area contributed by atoms with E-state index in [1.807, 2.05) is 0 Å². The van der Waals surface area contributed by atoms with Crippen LogP contribution in [-0.2, 0) is 0 Å². The highest BCUT2D eigenvalue weighted by atomic mass is 28.3. The molecule has 0 aliphatic carbocycles. The van der Waals surface area contributed by atoms with Gasteiger partial charge in [0, 0.05) is 0 Å². The molecule has 0 saturated carbocycles. The van der Waals surface area contributed by atoms with Gasteiger partial charge in [-0.05, 0) is 11.1 Å². The summed E-state index contributed by atoms with van der Waals surface area (Å²) in [6.45, 7) is 9.34. The van der Waals surface area contributed by atoms with Gasteiger partial charge in [0.2, 0.25) is 0 Å². The van der Waals surface area contributed by atoms with Crippen molar-refractivity contribution in [2.75, 3.05) is 0 Å². The van der Waals surface area contributed by atoms with Crippen LogP contribution in [0.1, 0.15) is 53.4 Å². The lowest BCUT2D eigenvalue weighted by Crippen LogP contribution is -2.30. The maximum absolute atomic E-state index is 3.87. The van der Waals surface area contributed by atoms with Crippen molar-refractivity contribution in [2.24, 2.45) is 0 Å². The Bertz CT molecular complexity index is 89.1. The Morgan fingerprint density at radius 2 is 1.08 bits per heavy atom. The van der Waals surface area contributed by atoms with E-state index in [-0.39, 0.29) is 19.4 Å². The molecule has 0 heterocycles. The molecule has 0 radical (unpaired) electrons. The molecule has 0 bridgehead atoms. The van der Waals surface area contributed by atoms with E-state index in [1.165, 1.54) is 25.7 Å². The van der Waals surface area contributed by atoms with Crippen LogP contribution in [0.15, 0.2) is 0 Å². The third kappa shape index (κ3) is 6.46. The van der Waals surface area contributed by atoms with Crippen LogP contribution in [0.25, 0.3) is 0 Å². The maximum atomic E-state index is 3.87. The monoisotopic (exact) mass is 217 g/mol. The van der Waals surface area contributed by atoms with Crippen molar-refractivity contribution in [3.63, 3.8) is 0 Å². The lowest BCUT2D eigenvalue weighted by atomic mass is 10.3. The summed E-state index contributed by atoms with van der Waals surface area (Å²) >= 11 is 0. The molecule has 0 aromatic rings. The van der Waals surface area contributed by atoms with Gasteiger partial charge < -0.3 is 4.65 Å². The first kappa shape index (κ1) is 13.4. The Morgan fingerprint density at radius 1 is 0.769 bits per heavy atom. The molecular formula is C10H27NSi2. The highest BCUT2D eigenvalue weighted by Crippen LogP contribution is 2.13. The number of hydrogen-bond donors (Lipinski definition) is 1. The fourth-order valence-corrected chi connectivity index (χ4v) is 6.73. The Labute approximate surface area is 88.9 Å². The van der Waals surface area contributed by atoms with Crippen molar-refractivity contribution < 1.29 is 0 Å². The fourth-order valence-electron chi connectivity index (χ4n) is 1.65. The van der Waals surface area contributed by atoms with Crippen molar-refractivity contribution in [2.45, 2.75) is 64.5 Å². The summed E-state index contributed by atoms with van der Waals surface area (Å²) in [6.07, 6.45) is 5.58. The first-order chi connectivity index (χ1) is 6.28. The van der Waals surface area contributed by atoms with Gasteiger partial charge in [-0.25, -0.2) is 0 Å². The molecule has 0 aromatic carbocycles.